The summed E-state index contributed by atoms with van der Waals surface area (Å²) in [6.07, 6.45) is 0.523. The Hall–Kier alpha value is -2.86. The highest BCUT2D eigenvalue weighted by Crippen LogP contribution is 2.45. The van der Waals surface area contributed by atoms with Crippen molar-refractivity contribution in [1.82, 2.24) is 9.88 Å². The molecule has 0 aliphatic heterocycles. The second kappa shape index (κ2) is 8.02. The lowest BCUT2D eigenvalue weighted by atomic mass is 10.0. The molecular formula is C19H15BrF2N4O2. The third-order valence-electron chi connectivity index (χ3n) is 4.31. The predicted molar refractivity (Wildman–Crippen MR) is 101 cm³/mol. The maximum absolute atomic E-state index is 13.8. The Morgan fingerprint density at radius 2 is 2.14 bits per heavy atom. The number of likely N-dealkylation sites (N-methyl/N-ethyl adjacent to an activating group) is 1. The fourth-order valence-corrected chi connectivity index (χ4v) is 3.16. The van der Waals surface area contributed by atoms with Crippen molar-refractivity contribution in [3.05, 3.63) is 57.4 Å². The number of anilines is 1. The van der Waals surface area contributed by atoms with Gasteiger partial charge in [0, 0.05) is 29.2 Å². The first-order valence-electron chi connectivity index (χ1n) is 8.34. The minimum Gasteiger partial charge on any atom is -0.332 e. The van der Waals surface area contributed by atoms with E-state index in [4.69, 9.17) is 5.26 Å². The van der Waals surface area contributed by atoms with E-state index in [0.29, 0.717) is 17.5 Å². The van der Waals surface area contributed by atoms with Crippen LogP contribution in [0.25, 0.3) is 0 Å². The topological polar surface area (TPSA) is 86.1 Å². The summed E-state index contributed by atoms with van der Waals surface area (Å²) < 4.78 is 28.1. The van der Waals surface area contributed by atoms with Crippen molar-refractivity contribution in [2.75, 3.05) is 18.9 Å². The molecule has 0 spiro atoms. The monoisotopic (exact) mass is 448 g/mol. The highest BCUT2D eigenvalue weighted by molar-refractivity contribution is 9.10. The molecular weight excluding hydrogens is 434 g/mol. The number of nitrogens with zero attached hydrogens (tertiary/aromatic N) is 3. The minimum absolute atomic E-state index is 0.0248. The van der Waals surface area contributed by atoms with Crippen LogP contribution in [0.4, 0.5) is 14.6 Å². The number of amides is 2. The number of pyridine rings is 1. The van der Waals surface area contributed by atoms with E-state index in [1.165, 1.54) is 11.9 Å². The van der Waals surface area contributed by atoms with Gasteiger partial charge in [-0.3, -0.25) is 9.59 Å². The molecule has 9 heteroatoms. The van der Waals surface area contributed by atoms with E-state index in [-0.39, 0.29) is 23.8 Å². The van der Waals surface area contributed by atoms with E-state index in [1.807, 2.05) is 0 Å². The number of benzene rings is 1. The molecule has 6 nitrogen and oxygen atoms in total. The summed E-state index contributed by atoms with van der Waals surface area (Å²) in [4.78, 5) is 29.7. The molecule has 3 rings (SSSR count). The zero-order valence-corrected chi connectivity index (χ0v) is 16.3. The van der Waals surface area contributed by atoms with Gasteiger partial charge in [-0.1, -0.05) is 15.9 Å². The number of nitriles is 1. The van der Waals surface area contributed by atoms with Crippen LogP contribution in [0.2, 0.25) is 0 Å². The third kappa shape index (κ3) is 4.34. The van der Waals surface area contributed by atoms with Crippen LogP contribution in [0.15, 0.2) is 34.9 Å². The van der Waals surface area contributed by atoms with Crippen molar-refractivity contribution >= 4 is 33.6 Å². The average Bonchev–Trinajstić information content (AvgIpc) is 3.39. The molecule has 1 saturated carbocycles. The summed E-state index contributed by atoms with van der Waals surface area (Å²) in [5, 5.41) is 11.0. The van der Waals surface area contributed by atoms with Crippen molar-refractivity contribution in [2.24, 2.45) is 0 Å². The lowest BCUT2D eigenvalue weighted by Crippen LogP contribution is -2.35. The van der Waals surface area contributed by atoms with Crippen molar-refractivity contribution < 1.29 is 18.4 Å². The molecule has 1 aliphatic rings. The molecule has 0 saturated heterocycles. The van der Waals surface area contributed by atoms with Crippen LogP contribution in [-0.2, 0) is 4.79 Å². The summed E-state index contributed by atoms with van der Waals surface area (Å²) in [5.74, 6) is -2.59. The summed E-state index contributed by atoms with van der Waals surface area (Å²) in [7, 11) is 1.43. The fraction of sp³-hybridized carbons (Fsp3) is 0.263. The van der Waals surface area contributed by atoms with Gasteiger partial charge in [-0.25, -0.2) is 13.8 Å². The Morgan fingerprint density at radius 1 is 1.43 bits per heavy atom. The van der Waals surface area contributed by atoms with Crippen LogP contribution < -0.4 is 5.32 Å². The molecule has 1 aromatic carbocycles. The Bertz CT molecular complexity index is 992. The SMILES string of the molecule is CN(CC(=O)Nc1ncc(C#N)cc1F)C(=O)c1ccc(Br)cc1C1CC1F. The molecule has 2 atom stereocenters. The lowest BCUT2D eigenvalue weighted by Gasteiger charge is -2.19. The maximum Gasteiger partial charge on any atom is 0.254 e. The quantitative estimate of drug-likeness (QED) is 0.759. The van der Waals surface area contributed by atoms with Gasteiger partial charge in [-0.15, -0.1) is 0 Å². The Kier molecular flexibility index (Phi) is 5.70. The van der Waals surface area contributed by atoms with Gasteiger partial charge in [0.05, 0.1) is 12.1 Å². The Labute approximate surface area is 168 Å². The number of nitrogens with one attached hydrogen (secondary N) is 1. The summed E-state index contributed by atoms with van der Waals surface area (Å²) in [6, 6.07) is 7.67. The maximum atomic E-state index is 13.8. The molecule has 1 heterocycles. The van der Waals surface area contributed by atoms with Crippen molar-refractivity contribution in [2.45, 2.75) is 18.5 Å². The van der Waals surface area contributed by atoms with Crippen LogP contribution in [-0.4, -0.2) is 41.5 Å². The number of carbonyl (C=O) groups is 2. The van der Waals surface area contributed by atoms with Crippen LogP contribution in [0.3, 0.4) is 0 Å². The number of hydrogen-bond acceptors (Lipinski definition) is 4. The number of aromatic nitrogens is 1. The largest absolute Gasteiger partial charge is 0.332 e. The van der Waals surface area contributed by atoms with E-state index in [0.717, 1.165) is 16.7 Å². The minimum atomic E-state index is -0.972. The Morgan fingerprint density at radius 3 is 2.75 bits per heavy atom. The summed E-state index contributed by atoms with van der Waals surface area (Å²) >= 11 is 3.32. The van der Waals surface area contributed by atoms with E-state index < -0.39 is 23.8 Å². The van der Waals surface area contributed by atoms with Gasteiger partial charge < -0.3 is 10.2 Å². The summed E-state index contributed by atoms with van der Waals surface area (Å²) in [5.41, 5.74) is 0.946. The number of carbonyl (C=O) groups excluding carboxylic acids is 2. The molecule has 0 radical (unpaired) electrons. The zero-order chi connectivity index (χ0) is 20.4. The van der Waals surface area contributed by atoms with E-state index in [2.05, 4.69) is 26.2 Å². The molecule has 28 heavy (non-hydrogen) atoms. The van der Waals surface area contributed by atoms with Gasteiger partial charge in [-0.2, -0.15) is 5.26 Å². The molecule has 1 aliphatic carbocycles. The normalized spacial score (nSPS) is 17.5. The standard InChI is InChI=1S/C19H15BrF2N4O2/c1-26(9-17(27)25-18-16(22)4-10(7-23)8-24-18)19(28)12-3-2-11(20)5-13(12)14-6-15(14)21/h2-5,8,14-15H,6,9H2,1H3,(H,24,25,27). The first-order valence-corrected chi connectivity index (χ1v) is 9.14. The summed E-state index contributed by atoms with van der Waals surface area (Å²) in [6.45, 7) is -0.348. The van der Waals surface area contributed by atoms with Gasteiger partial charge in [0.1, 0.15) is 12.2 Å². The molecule has 1 aromatic heterocycles. The van der Waals surface area contributed by atoms with Crippen LogP contribution in [0.5, 0.6) is 0 Å². The number of alkyl halides is 1. The van der Waals surface area contributed by atoms with Crippen LogP contribution in [0, 0.1) is 17.1 Å². The second-order valence-electron chi connectivity index (χ2n) is 6.47. The smallest absolute Gasteiger partial charge is 0.254 e. The number of halogens is 3. The van der Waals surface area contributed by atoms with E-state index >= 15 is 0 Å². The molecule has 0 bridgehead atoms. The fourth-order valence-electron chi connectivity index (χ4n) is 2.78. The molecule has 144 valence electrons. The average molecular weight is 449 g/mol. The zero-order valence-electron chi connectivity index (χ0n) is 14.7. The van der Waals surface area contributed by atoms with Crippen molar-refractivity contribution in [3.8, 4) is 6.07 Å². The third-order valence-corrected chi connectivity index (χ3v) is 4.80. The lowest BCUT2D eigenvalue weighted by molar-refractivity contribution is -0.116. The Balaban J connectivity index is 1.69. The first kappa shape index (κ1) is 19.9. The molecule has 2 aromatic rings. The van der Waals surface area contributed by atoms with Gasteiger partial charge >= 0.3 is 0 Å². The highest BCUT2D eigenvalue weighted by atomic mass is 79.9. The first-order chi connectivity index (χ1) is 13.3. The van der Waals surface area contributed by atoms with Crippen LogP contribution in [0.1, 0.15) is 33.8 Å². The van der Waals surface area contributed by atoms with E-state index in [9.17, 15) is 18.4 Å². The number of rotatable bonds is 5. The van der Waals surface area contributed by atoms with Gasteiger partial charge in [0.25, 0.3) is 5.91 Å². The molecule has 1 N–H and O–H groups in total. The highest BCUT2D eigenvalue weighted by Gasteiger charge is 2.41. The van der Waals surface area contributed by atoms with Crippen LogP contribution >= 0.6 is 15.9 Å². The van der Waals surface area contributed by atoms with Gasteiger partial charge in [0.2, 0.25) is 5.91 Å². The van der Waals surface area contributed by atoms with Crippen molar-refractivity contribution in [1.29, 1.82) is 5.26 Å². The van der Waals surface area contributed by atoms with Gasteiger partial charge in [0.15, 0.2) is 11.6 Å². The molecule has 2 amide bonds. The molecule has 2 unspecified atom stereocenters. The van der Waals surface area contributed by atoms with Gasteiger partial charge in [-0.05, 0) is 36.2 Å². The second-order valence-corrected chi connectivity index (χ2v) is 7.38. The van der Waals surface area contributed by atoms with E-state index in [1.54, 1.807) is 24.3 Å². The molecule has 1 fully saturated rings. The predicted octanol–water partition coefficient (Wildman–Crippen LogP) is 3.39. The van der Waals surface area contributed by atoms with Crippen molar-refractivity contribution in [3.63, 3.8) is 0 Å². The number of hydrogen-bond donors (Lipinski definition) is 1.